The standard InChI is InChI=1S/C17H13ClN2O/c1-21-15-9-5-8-13-14(10-19)17(18)20(16(13)15)11-12-6-3-2-4-7-12/h2-9H,11H2,1H3. The average molecular weight is 297 g/mol. The monoisotopic (exact) mass is 296 g/mol. The Morgan fingerprint density at radius 1 is 1.14 bits per heavy atom. The van der Waals surface area contributed by atoms with Crippen LogP contribution in [0.1, 0.15) is 11.1 Å². The summed E-state index contributed by atoms with van der Waals surface area (Å²) >= 11 is 6.42. The predicted molar refractivity (Wildman–Crippen MR) is 83.8 cm³/mol. The number of methoxy groups -OCH3 is 1. The highest BCUT2D eigenvalue weighted by molar-refractivity contribution is 6.32. The molecule has 21 heavy (non-hydrogen) atoms. The second kappa shape index (κ2) is 5.51. The number of rotatable bonds is 3. The van der Waals surface area contributed by atoms with Crippen LogP contribution in [0.4, 0.5) is 0 Å². The molecule has 0 aliphatic rings. The van der Waals surface area contributed by atoms with Crippen molar-refractivity contribution in [1.29, 1.82) is 5.26 Å². The van der Waals surface area contributed by atoms with Gasteiger partial charge in [-0.1, -0.05) is 54.1 Å². The van der Waals surface area contributed by atoms with Gasteiger partial charge in [-0.25, -0.2) is 0 Å². The Labute approximate surface area is 127 Å². The molecule has 1 aromatic heterocycles. The molecule has 0 aliphatic carbocycles. The molecule has 0 N–H and O–H groups in total. The van der Waals surface area contributed by atoms with Crippen molar-refractivity contribution in [3.63, 3.8) is 0 Å². The number of hydrogen-bond acceptors (Lipinski definition) is 2. The minimum Gasteiger partial charge on any atom is -0.495 e. The molecular weight excluding hydrogens is 284 g/mol. The van der Waals surface area contributed by atoms with E-state index in [0.717, 1.165) is 16.5 Å². The maximum absolute atomic E-state index is 9.37. The number of nitriles is 1. The van der Waals surface area contributed by atoms with E-state index in [1.165, 1.54) is 0 Å². The van der Waals surface area contributed by atoms with E-state index < -0.39 is 0 Å². The Morgan fingerprint density at radius 2 is 1.90 bits per heavy atom. The normalized spacial score (nSPS) is 10.5. The number of hydrogen-bond donors (Lipinski definition) is 0. The molecule has 104 valence electrons. The van der Waals surface area contributed by atoms with E-state index in [9.17, 15) is 5.26 Å². The van der Waals surface area contributed by atoms with Crippen LogP contribution in [-0.2, 0) is 6.54 Å². The van der Waals surface area contributed by atoms with E-state index in [2.05, 4.69) is 6.07 Å². The molecule has 0 spiro atoms. The molecule has 1 heterocycles. The highest BCUT2D eigenvalue weighted by atomic mass is 35.5. The smallest absolute Gasteiger partial charge is 0.143 e. The van der Waals surface area contributed by atoms with E-state index in [1.54, 1.807) is 7.11 Å². The SMILES string of the molecule is COc1cccc2c(C#N)c(Cl)n(Cc3ccccc3)c12. The lowest BCUT2D eigenvalue weighted by molar-refractivity contribution is 0.417. The molecular formula is C17H13ClN2O. The fourth-order valence-corrected chi connectivity index (χ4v) is 2.82. The first-order valence-electron chi connectivity index (χ1n) is 6.55. The Kier molecular flexibility index (Phi) is 3.55. The molecule has 0 saturated carbocycles. The summed E-state index contributed by atoms with van der Waals surface area (Å²) in [6.07, 6.45) is 0. The summed E-state index contributed by atoms with van der Waals surface area (Å²) in [5, 5.41) is 10.6. The third-order valence-corrected chi connectivity index (χ3v) is 3.89. The topological polar surface area (TPSA) is 37.9 Å². The van der Waals surface area contributed by atoms with Crippen LogP contribution in [0.3, 0.4) is 0 Å². The minimum atomic E-state index is 0.445. The molecule has 3 rings (SSSR count). The van der Waals surface area contributed by atoms with Gasteiger partial charge in [0.1, 0.15) is 17.0 Å². The third kappa shape index (κ3) is 2.24. The van der Waals surface area contributed by atoms with Crippen LogP contribution in [-0.4, -0.2) is 11.7 Å². The van der Waals surface area contributed by atoms with Crippen molar-refractivity contribution in [1.82, 2.24) is 4.57 Å². The summed E-state index contributed by atoms with van der Waals surface area (Å²) in [5.41, 5.74) is 2.46. The molecule has 0 amide bonds. The number of benzene rings is 2. The Morgan fingerprint density at radius 3 is 2.57 bits per heavy atom. The molecule has 4 heteroatoms. The average Bonchev–Trinajstić information content (AvgIpc) is 2.80. The summed E-state index contributed by atoms with van der Waals surface area (Å²) < 4.78 is 7.35. The number of ether oxygens (including phenoxy) is 1. The number of halogens is 1. The van der Waals surface area contributed by atoms with Crippen LogP contribution in [0.15, 0.2) is 48.5 Å². The van der Waals surface area contributed by atoms with E-state index in [-0.39, 0.29) is 0 Å². The predicted octanol–water partition coefficient (Wildman–Crippen LogP) is 4.22. The summed E-state index contributed by atoms with van der Waals surface area (Å²) in [6, 6.07) is 17.8. The van der Waals surface area contributed by atoms with Gasteiger partial charge in [-0.3, -0.25) is 0 Å². The lowest BCUT2D eigenvalue weighted by atomic mass is 10.2. The van der Waals surface area contributed by atoms with Gasteiger partial charge in [0.05, 0.1) is 18.2 Å². The van der Waals surface area contributed by atoms with Gasteiger partial charge in [-0.2, -0.15) is 5.26 Å². The fraction of sp³-hybridized carbons (Fsp3) is 0.118. The van der Waals surface area contributed by atoms with Crippen molar-refractivity contribution in [2.45, 2.75) is 6.54 Å². The zero-order valence-corrected chi connectivity index (χ0v) is 12.3. The van der Waals surface area contributed by atoms with Gasteiger partial charge in [0.2, 0.25) is 0 Å². The van der Waals surface area contributed by atoms with Crippen molar-refractivity contribution >= 4 is 22.5 Å². The maximum Gasteiger partial charge on any atom is 0.143 e. The molecule has 0 unspecified atom stereocenters. The van der Waals surface area contributed by atoms with Crippen molar-refractivity contribution in [3.8, 4) is 11.8 Å². The number of nitrogens with zero attached hydrogens (tertiary/aromatic N) is 2. The lowest BCUT2D eigenvalue weighted by Crippen LogP contribution is -2.00. The summed E-state index contributed by atoms with van der Waals surface area (Å²) in [4.78, 5) is 0. The van der Waals surface area contributed by atoms with Crippen molar-refractivity contribution in [3.05, 3.63) is 64.8 Å². The van der Waals surface area contributed by atoms with Gasteiger partial charge in [-0.15, -0.1) is 0 Å². The number of aromatic nitrogens is 1. The van der Waals surface area contributed by atoms with Crippen LogP contribution in [0.5, 0.6) is 5.75 Å². The molecule has 0 aliphatic heterocycles. The number of para-hydroxylation sites is 1. The van der Waals surface area contributed by atoms with Gasteiger partial charge in [0.15, 0.2) is 0 Å². The van der Waals surface area contributed by atoms with Crippen molar-refractivity contribution in [2.75, 3.05) is 7.11 Å². The fourth-order valence-electron chi connectivity index (χ4n) is 2.53. The van der Waals surface area contributed by atoms with E-state index >= 15 is 0 Å². The van der Waals surface area contributed by atoms with Gasteiger partial charge < -0.3 is 9.30 Å². The minimum absolute atomic E-state index is 0.445. The van der Waals surface area contributed by atoms with Crippen LogP contribution >= 0.6 is 11.6 Å². The van der Waals surface area contributed by atoms with Crippen molar-refractivity contribution in [2.24, 2.45) is 0 Å². The lowest BCUT2D eigenvalue weighted by Gasteiger charge is -2.10. The van der Waals surface area contributed by atoms with Gasteiger partial charge in [0.25, 0.3) is 0 Å². The van der Waals surface area contributed by atoms with Crippen LogP contribution in [0.25, 0.3) is 10.9 Å². The molecule has 3 aromatic rings. The van der Waals surface area contributed by atoms with E-state index in [4.69, 9.17) is 16.3 Å². The third-order valence-electron chi connectivity index (χ3n) is 3.50. The van der Waals surface area contributed by atoms with E-state index in [0.29, 0.717) is 23.0 Å². The first-order valence-corrected chi connectivity index (χ1v) is 6.92. The molecule has 3 nitrogen and oxygen atoms in total. The molecule has 0 saturated heterocycles. The Bertz CT molecular complexity index is 831. The first kappa shape index (κ1) is 13.5. The second-order valence-corrected chi connectivity index (χ2v) is 5.06. The molecule has 2 aromatic carbocycles. The highest BCUT2D eigenvalue weighted by Crippen LogP contribution is 2.35. The highest BCUT2D eigenvalue weighted by Gasteiger charge is 2.18. The zero-order chi connectivity index (χ0) is 14.8. The molecule has 0 fully saturated rings. The van der Waals surface area contributed by atoms with Crippen LogP contribution < -0.4 is 4.74 Å². The largest absolute Gasteiger partial charge is 0.495 e. The van der Waals surface area contributed by atoms with Crippen LogP contribution in [0, 0.1) is 11.3 Å². The summed E-state index contributed by atoms with van der Waals surface area (Å²) in [6.45, 7) is 0.595. The summed E-state index contributed by atoms with van der Waals surface area (Å²) in [5.74, 6) is 0.715. The Balaban J connectivity index is 2.26. The van der Waals surface area contributed by atoms with E-state index in [1.807, 2.05) is 53.1 Å². The number of fused-ring (bicyclic) bond motifs is 1. The van der Waals surface area contributed by atoms with Crippen molar-refractivity contribution < 1.29 is 4.74 Å². The summed E-state index contributed by atoms with van der Waals surface area (Å²) in [7, 11) is 1.62. The molecule has 0 atom stereocenters. The second-order valence-electron chi connectivity index (χ2n) is 4.71. The van der Waals surface area contributed by atoms with Gasteiger partial charge in [0, 0.05) is 11.9 Å². The van der Waals surface area contributed by atoms with Gasteiger partial charge in [-0.05, 0) is 11.6 Å². The quantitative estimate of drug-likeness (QED) is 0.725. The zero-order valence-electron chi connectivity index (χ0n) is 11.5. The first-order chi connectivity index (χ1) is 10.3. The Hall–Kier alpha value is -2.44. The van der Waals surface area contributed by atoms with Gasteiger partial charge >= 0.3 is 0 Å². The molecule has 0 radical (unpaired) electrons. The molecule has 0 bridgehead atoms. The maximum atomic E-state index is 9.37. The van der Waals surface area contributed by atoms with Crippen LogP contribution in [0.2, 0.25) is 5.15 Å².